The molecule has 2 amide bonds. The molecule has 0 spiro atoms. The fraction of sp³-hybridized carbons (Fsp3) is 0.393. The first kappa shape index (κ1) is 23.9. The minimum atomic E-state index is -0.975. The van der Waals surface area contributed by atoms with Gasteiger partial charge in [-0.2, -0.15) is 0 Å². The van der Waals surface area contributed by atoms with Gasteiger partial charge in [0.05, 0.1) is 13.2 Å². The molecule has 1 aliphatic rings. The maximum absolute atomic E-state index is 13.4. The Morgan fingerprint density at radius 3 is 2.74 bits per heavy atom. The average Bonchev–Trinajstić information content (AvgIpc) is 3.08. The average molecular weight is 460 g/mol. The highest BCUT2D eigenvalue weighted by Crippen LogP contribution is 2.20. The van der Waals surface area contributed by atoms with Gasteiger partial charge in [-0.1, -0.05) is 42.5 Å². The third-order valence-corrected chi connectivity index (χ3v) is 6.32. The summed E-state index contributed by atoms with van der Waals surface area (Å²) in [6.45, 7) is 5.81. The maximum atomic E-state index is 13.4. The zero-order chi connectivity index (χ0) is 24.0. The Balaban J connectivity index is 1.36. The van der Waals surface area contributed by atoms with Crippen molar-refractivity contribution < 1.29 is 14.3 Å². The van der Waals surface area contributed by atoms with Crippen LogP contribution in [0.2, 0.25) is 0 Å². The van der Waals surface area contributed by atoms with E-state index in [1.807, 2.05) is 47.5 Å². The highest BCUT2D eigenvalue weighted by molar-refractivity contribution is 5.91. The Labute approximate surface area is 201 Å². The van der Waals surface area contributed by atoms with E-state index in [1.54, 1.807) is 20.0 Å². The van der Waals surface area contributed by atoms with Gasteiger partial charge in [-0.15, -0.1) is 0 Å². The molecule has 178 valence electrons. The molecule has 0 bridgehead atoms. The van der Waals surface area contributed by atoms with Crippen LogP contribution in [0, 0.1) is 5.92 Å². The Hall–Kier alpha value is -3.25. The minimum Gasteiger partial charge on any atom is -0.379 e. The molecule has 4 rings (SSSR count). The number of benzene rings is 2. The molecule has 1 aromatic heterocycles. The van der Waals surface area contributed by atoms with Gasteiger partial charge in [0, 0.05) is 43.2 Å². The van der Waals surface area contributed by atoms with Crippen molar-refractivity contribution in [1.82, 2.24) is 15.2 Å². The number of ether oxygens (including phenoxy) is 1. The van der Waals surface area contributed by atoms with Gasteiger partial charge in [-0.05, 0) is 55.3 Å². The quantitative estimate of drug-likeness (QED) is 0.584. The molecule has 1 atom stereocenters. The molecule has 1 aliphatic heterocycles. The van der Waals surface area contributed by atoms with Gasteiger partial charge in [-0.3, -0.25) is 14.6 Å². The number of fused-ring (bicyclic) bond motifs is 1. The van der Waals surface area contributed by atoms with E-state index in [4.69, 9.17) is 4.74 Å². The summed E-state index contributed by atoms with van der Waals surface area (Å²) < 4.78 is 5.83. The third-order valence-electron chi connectivity index (χ3n) is 6.32. The number of amides is 2. The predicted molar refractivity (Wildman–Crippen MR) is 133 cm³/mol. The van der Waals surface area contributed by atoms with Crippen LogP contribution in [0.3, 0.4) is 0 Å². The third kappa shape index (κ3) is 6.20. The van der Waals surface area contributed by atoms with Crippen molar-refractivity contribution in [1.29, 1.82) is 0 Å². The number of aryl methyl sites for hydroxylation is 1. The van der Waals surface area contributed by atoms with Crippen LogP contribution in [0.5, 0.6) is 0 Å². The van der Waals surface area contributed by atoms with E-state index < -0.39 is 5.54 Å². The molecule has 0 radical (unpaired) electrons. The molecule has 1 saturated heterocycles. The van der Waals surface area contributed by atoms with Crippen LogP contribution in [0.15, 0.2) is 67.0 Å². The minimum absolute atomic E-state index is 0.0706. The Bertz CT molecular complexity index is 1130. The number of nitrogens with zero attached hydrogens (tertiary/aromatic N) is 2. The van der Waals surface area contributed by atoms with Crippen molar-refractivity contribution in [2.24, 2.45) is 5.92 Å². The zero-order valence-corrected chi connectivity index (χ0v) is 20.0. The normalized spacial score (nSPS) is 16.8. The maximum Gasteiger partial charge on any atom is 0.247 e. The first-order valence-corrected chi connectivity index (χ1v) is 12.0. The molecule has 3 aromatic rings. The monoisotopic (exact) mass is 459 g/mol. The Morgan fingerprint density at radius 1 is 1.09 bits per heavy atom. The number of carbonyl (C=O) groups is 2. The number of rotatable bonds is 7. The number of hydrogen-bond acceptors (Lipinski definition) is 4. The lowest BCUT2D eigenvalue weighted by Gasteiger charge is -2.33. The van der Waals surface area contributed by atoms with Crippen LogP contribution >= 0.6 is 0 Å². The molecule has 1 N–H and O–H groups in total. The lowest BCUT2D eigenvalue weighted by atomic mass is 9.96. The number of pyridine rings is 1. The van der Waals surface area contributed by atoms with Crippen molar-refractivity contribution >= 4 is 22.6 Å². The molecule has 0 saturated carbocycles. The molecular formula is C28H33N3O3. The zero-order valence-electron chi connectivity index (χ0n) is 20.0. The molecule has 34 heavy (non-hydrogen) atoms. The second-order valence-corrected chi connectivity index (χ2v) is 9.61. The van der Waals surface area contributed by atoms with E-state index in [9.17, 15) is 9.59 Å². The highest BCUT2D eigenvalue weighted by atomic mass is 16.5. The second-order valence-electron chi connectivity index (χ2n) is 9.61. The van der Waals surface area contributed by atoms with Gasteiger partial charge in [0.15, 0.2) is 0 Å². The van der Waals surface area contributed by atoms with E-state index >= 15 is 0 Å². The lowest BCUT2D eigenvalue weighted by molar-refractivity contribution is -0.140. The van der Waals surface area contributed by atoms with Gasteiger partial charge in [-0.25, -0.2) is 0 Å². The van der Waals surface area contributed by atoms with Crippen LogP contribution in [0.4, 0.5) is 0 Å². The number of carbonyl (C=O) groups excluding carboxylic acids is 2. The number of hydrogen-bond donors (Lipinski definition) is 1. The van der Waals surface area contributed by atoms with Crippen LogP contribution in [-0.4, -0.2) is 53.5 Å². The molecule has 1 fully saturated rings. The molecule has 6 heteroatoms. The van der Waals surface area contributed by atoms with Crippen molar-refractivity contribution in [3.63, 3.8) is 0 Å². The van der Waals surface area contributed by atoms with Crippen LogP contribution in [-0.2, 0) is 27.2 Å². The molecule has 2 heterocycles. The van der Waals surface area contributed by atoms with E-state index in [0.717, 1.165) is 22.8 Å². The summed E-state index contributed by atoms with van der Waals surface area (Å²) in [6.07, 6.45) is 5.49. The first-order chi connectivity index (χ1) is 16.4. The Kier molecular flexibility index (Phi) is 7.58. The van der Waals surface area contributed by atoms with E-state index in [-0.39, 0.29) is 17.7 Å². The van der Waals surface area contributed by atoms with Gasteiger partial charge >= 0.3 is 0 Å². The molecular weight excluding hydrogens is 426 g/mol. The van der Waals surface area contributed by atoms with Crippen molar-refractivity contribution in [3.05, 3.63) is 78.1 Å². The molecule has 0 aliphatic carbocycles. The van der Waals surface area contributed by atoms with E-state index in [1.165, 1.54) is 5.56 Å². The van der Waals surface area contributed by atoms with Crippen molar-refractivity contribution in [2.45, 2.75) is 38.6 Å². The van der Waals surface area contributed by atoms with Crippen LogP contribution in [0.25, 0.3) is 10.8 Å². The fourth-order valence-electron chi connectivity index (χ4n) is 4.55. The first-order valence-electron chi connectivity index (χ1n) is 12.0. The smallest absolute Gasteiger partial charge is 0.247 e. The van der Waals surface area contributed by atoms with Crippen molar-refractivity contribution in [2.75, 3.05) is 26.3 Å². The summed E-state index contributed by atoms with van der Waals surface area (Å²) >= 11 is 0. The lowest BCUT2D eigenvalue weighted by Crippen LogP contribution is -2.57. The highest BCUT2D eigenvalue weighted by Gasteiger charge is 2.35. The summed E-state index contributed by atoms with van der Waals surface area (Å²) in [6, 6.07) is 18.3. The summed E-state index contributed by atoms with van der Waals surface area (Å²) in [7, 11) is 0. The SMILES string of the molecule is CC(C)(NC(=O)CCc1ccccc1)C(=O)N1CCOC[C@H](Cc2ccc3ccncc3c2)C1. The van der Waals surface area contributed by atoms with Crippen LogP contribution < -0.4 is 5.32 Å². The standard InChI is InChI=1S/C28H33N3O3/c1-28(2,30-26(32)11-9-21-6-4-3-5-7-21)27(33)31-14-15-34-20-23(19-31)16-22-8-10-24-12-13-29-18-25(24)17-22/h3-8,10,12-13,17-18,23H,9,11,14-16,19-20H2,1-2H3,(H,30,32)/t23-/m1/s1. The van der Waals surface area contributed by atoms with E-state index in [2.05, 4.69) is 28.5 Å². The topological polar surface area (TPSA) is 71.5 Å². The summed E-state index contributed by atoms with van der Waals surface area (Å²) in [5.41, 5.74) is 1.34. The predicted octanol–water partition coefficient (Wildman–Crippen LogP) is 3.78. The van der Waals surface area contributed by atoms with Gasteiger partial charge in [0.1, 0.15) is 5.54 Å². The Morgan fingerprint density at radius 2 is 1.91 bits per heavy atom. The van der Waals surface area contributed by atoms with Gasteiger partial charge in [0.25, 0.3) is 0 Å². The van der Waals surface area contributed by atoms with Crippen LogP contribution in [0.1, 0.15) is 31.4 Å². The van der Waals surface area contributed by atoms with Gasteiger partial charge < -0.3 is 15.0 Å². The molecule has 0 unspecified atom stereocenters. The summed E-state index contributed by atoms with van der Waals surface area (Å²) in [5.74, 6) is -0.00137. The van der Waals surface area contributed by atoms with Gasteiger partial charge in [0.2, 0.25) is 11.8 Å². The molecule has 6 nitrogen and oxygen atoms in total. The largest absolute Gasteiger partial charge is 0.379 e. The number of aromatic nitrogens is 1. The summed E-state index contributed by atoms with van der Waals surface area (Å²) in [4.78, 5) is 32.1. The molecule has 2 aromatic carbocycles. The van der Waals surface area contributed by atoms with E-state index in [0.29, 0.717) is 39.1 Å². The number of nitrogens with one attached hydrogen (secondary N) is 1. The fourth-order valence-corrected chi connectivity index (χ4v) is 4.55. The van der Waals surface area contributed by atoms with Crippen molar-refractivity contribution in [3.8, 4) is 0 Å². The second kappa shape index (κ2) is 10.8. The summed E-state index contributed by atoms with van der Waals surface area (Å²) in [5, 5.41) is 5.23.